The zero-order valence-electron chi connectivity index (χ0n) is 20.9. The first-order chi connectivity index (χ1) is 17.4. The van der Waals surface area contributed by atoms with E-state index in [0.717, 1.165) is 81.2 Å². The highest BCUT2D eigenvalue weighted by molar-refractivity contribution is 7.22. The molecule has 2 aliphatic rings. The number of anilines is 2. The van der Waals surface area contributed by atoms with Crippen molar-refractivity contribution in [3.63, 3.8) is 0 Å². The number of amides is 1. The second-order valence-electron chi connectivity index (χ2n) is 10.1. The Morgan fingerprint density at radius 3 is 2.58 bits per heavy atom. The topological polar surface area (TPSA) is 98.7 Å². The minimum atomic E-state index is 0.246. The maximum Gasteiger partial charge on any atom is 0.229 e. The molecule has 186 valence electrons. The van der Waals surface area contributed by atoms with Crippen LogP contribution in [0.2, 0.25) is 0 Å². The number of nitrogens with one attached hydrogen (secondary N) is 1. The lowest BCUT2D eigenvalue weighted by molar-refractivity contribution is -0.131. The van der Waals surface area contributed by atoms with Gasteiger partial charge in [-0.3, -0.25) is 4.79 Å². The number of fused-ring (bicyclic) bond motifs is 4. The van der Waals surface area contributed by atoms with Crippen LogP contribution in [0.3, 0.4) is 0 Å². The third-order valence-corrected chi connectivity index (χ3v) is 8.44. The maximum absolute atomic E-state index is 13.4. The third kappa shape index (κ3) is 3.32. The Kier molecular flexibility index (Phi) is 4.70. The summed E-state index contributed by atoms with van der Waals surface area (Å²) in [5.41, 5.74) is 5.49. The van der Waals surface area contributed by atoms with Crippen LogP contribution in [0.15, 0.2) is 12.4 Å². The van der Waals surface area contributed by atoms with Gasteiger partial charge in [-0.15, -0.1) is 0 Å². The number of rotatable bonds is 7. The quantitative estimate of drug-likeness (QED) is 0.360. The smallest absolute Gasteiger partial charge is 0.229 e. The summed E-state index contributed by atoms with van der Waals surface area (Å²) in [6, 6.07) is 3.05. The molecule has 0 spiro atoms. The van der Waals surface area contributed by atoms with Gasteiger partial charge in [0, 0.05) is 43.8 Å². The molecule has 36 heavy (non-hydrogen) atoms. The van der Waals surface area contributed by atoms with Crippen molar-refractivity contribution in [3.05, 3.63) is 23.8 Å². The predicted molar refractivity (Wildman–Crippen MR) is 141 cm³/mol. The van der Waals surface area contributed by atoms with Crippen molar-refractivity contribution in [2.75, 3.05) is 5.32 Å². The van der Waals surface area contributed by atoms with E-state index in [4.69, 9.17) is 9.97 Å². The first-order valence-corrected chi connectivity index (χ1v) is 13.5. The monoisotopic (exact) mass is 503 g/mol. The van der Waals surface area contributed by atoms with Crippen molar-refractivity contribution in [3.8, 4) is 0 Å². The summed E-state index contributed by atoms with van der Waals surface area (Å²) in [6.07, 6.45) is 6.81. The SMILES string of the molecule is CCn1c(CC(=O)N(C2CC2)C2CC2)cc2c3c(ncn3C)c(Nc3nc4c(s3)c(C)nn4C)nc21. The molecule has 11 heteroatoms. The van der Waals surface area contributed by atoms with Crippen LogP contribution in [-0.4, -0.2) is 56.8 Å². The van der Waals surface area contributed by atoms with Crippen molar-refractivity contribution >= 4 is 60.6 Å². The van der Waals surface area contributed by atoms with Gasteiger partial charge in [0.25, 0.3) is 0 Å². The first-order valence-electron chi connectivity index (χ1n) is 12.6. The van der Waals surface area contributed by atoms with Crippen LogP contribution in [0, 0.1) is 6.92 Å². The molecule has 5 aromatic rings. The van der Waals surface area contributed by atoms with E-state index < -0.39 is 0 Å². The molecule has 7 rings (SSSR count). The van der Waals surface area contributed by atoms with E-state index in [1.165, 1.54) is 0 Å². The molecule has 0 atom stereocenters. The predicted octanol–water partition coefficient (Wildman–Crippen LogP) is 4.03. The summed E-state index contributed by atoms with van der Waals surface area (Å²) >= 11 is 1.57. The Balaban J connectivity index is 1.32. The van der Waals surface area contributed by atoms with E-state index >= 15 is 0 Å². The first kappa shape index (κ1) is 21.8. The van der Waals surface area contributed by atoms with Gasteiger partial charge in [-0.2, -0.15) is 5.10 Å². The Bertz CT molecular complexity index is 1620. The van der Waals surface area contributed by atoms with Gasteiger partial charge in [0.2, 0.25) is 5.91 Å². The minimum absolute atomic E-state index is 0.246. The fraction of sp³-hybridized carbons (Fsp3) is 0.480. The van der Waals surface area contributed by atoms with Crippen molar-refractivity contribution in [1.29, 1.82) is 0 Å². The van der Waals surface area contributed by atoms with Gasteiger partial charge in [-0.05, 0) is 45.6 Å². The number of aromatic nitrogens is 7. The summed E-state index contributed by atoms with van der Waals surface area (Å²) in [4.78, 5) is 30.0. The highest BCUT2D eigenvalue weighted by Crippen LogP contribution is 2.39. The molecule has 0 saturated heterocycles. The van der Waals surface area contributed by atoms with Crippen LogP contribution < -0.4 is 5.32 Å². The van der Waals surface area contributed by atoms with Gasteiger partial charge < -0.3 is 19.4 Å². The number of thiazole rings is 1. The molecule has 1 N–H and O–H groups in total. The average Bonchev–Trinajstić information content (AvgIpc) is 3.73. The van der Waals surface area contributed by atoms with Crippen LogP contribution >= 0.6 is 11.3 Å². The normalized spacial score (nSPS) is 16.0. The zero-order valence-corrected chi connectivity index (χ0v) is 21.8. The number of pyridine rings is 1. The standard InChI is InChI=1S/C25H29N9OS/c1-5-33-16(11-18(35)34(14-6-7-14)15-8-9-15)10-17-20-19(26-12-31(20)3)22(27-23(17)33)28-25-29-24-21(36-25)13(2)30-32(24)4/h10,12,14-15H,5-9,11H2,1-4H3,(H,27,28,29). The van der Waals surface area contributed by atoms with Gasteiger partial charge >= 0.3 is 0 Å². The fourth-order valence-corrected chi connectivity index (χ4v) is 6.38. The highest BCUT2D eigenvalue weighted by Gasteiger charge is 2.42. The second kappa shape index (κ2) is 7.76. The third-order valence-electron chi connectivity index (χ3n) is 7.38. The summed E-state index contributed by atoms with van der Waals surface area (Å²) in [5, 5.41) is 9.67. The number of imidazole rings is 1. The Hall–Kier alpha value is -3.47. The van der Waals surface area contributed by atoms with E-state index in [1.54, 1.807) is 16.0 Å². The Morgan fingerprint density at radius 1 is 1.17 bits per heavy atom. The zero-order chi connectivity index (χ0) is 24.7. The summed E-state index contributed by atoms with van der Waals surface area (Å²) in [7, 11) is 3.91. The number of hydrogen-bond acceptors (Lipinski definition) is 7. The lowest BCUT2D eigenvalue weighted by atomic mass is 10.2. The average molecular weight is 504 g/mol. The number of nitrogens with zero attached hydrogens (tertiary/aromatic N) is 8. The van der Waals surface area contributed by atoms with E-state index in [0.29, 0.717) is 24.3 Å². The highest BCUT2D eigenvalue weighted by atomic mass is 32.1. The van der Waals surface area contributed by atoms with Gasteiger partial charge in [-0.25, -0.2) is 19.6 Å². The maximum atomic E-state index is 13.4. The van der Waals surface area contributed by atoms with Crippen LogP contribution in [0.5, 0.6) is 0 Å². The molecule has 0 aliphatic heterocycles. The summed E-state index contributed by atoms with van der Waals surface area (Å²) in [5.74, 6) is 0.918. The van der Waals surface area contributed by atoms with Gasteiger partial charge in [-0.1, -0.05) is 11.3 Å². The Labute approximate surface area is 211 Å². The van der Waals surface area contributed by atoms with Crippen molar-refractivity contribution in [1.82, 2.24) is 38.8 Å². The van der Waals surface area contributed by atoms with Crippen LogP contribution in [-0.2, 0) is 31.9 Å². The molecule has 2 saturated carbocycles. The molecule has 0 aromatic carbocycles. The fourth-order valence-electron chi connectivity index (χ4n) is 5.45. The molecular formula is C25H29N9OS. The van der Waals surface area contributed by atoms with Gasteiger partial charge in [0.15, 0.2) is 16.6 Å². The van der Waals surface area contributed by atoms with E-state index in [-0.39, 0.29) is 5.91 Å². The van der Waals surface area contributed by atoms with E-state index in [9.17, 15) is 4.79 Å². The van der Waals surface area contributed by atoms with Crippen LogP contribution in [0.25, 0.3) is 32.4 Å². The molecule has 5 heterocycles. The van der Waals surface area contributed by atoms with Gasteiger partial charge in [0.05, 0.1) is 28.7 Å². The molecule has 0 unspecified atom stereocenters. The largest absolute Gasteiger partial charge is 0.336 e. The lowest BCUT2D eigenvalue weighted by Gasteiger charge is -2.22. The molecule has 10 nitrogen and oxygen atoms in total. The number of carbonyl (C=O) groups excluding carboxylic acids is 1. The molecule has 1 amide bonds. The van der Waals surface area contributed by atoms with Crippen molar-refractivity contribution in [2.24, 2.45) is 14.1 Å². The number of aryl methyl sites for hydroxylation is 4. The number of carbonyl (C=O) groups is 1. The summed E-state index contributed by atoms with van der Waals surface area (Å²) < 4.78 is 7.07. The lowest BCUT2D eigenvalue weighted by Crippen LogP contribution is -2.36. The molecule has 0 radical (unpaired) electrons. The van der Waals surface area contributed by atoms with Crippen molar-refractivity contribution < 1.29 is 4.79 Å². The number of hydrogen-bond donors (Lipinski definition) is 1. The molecule has 5 aromatic heterocycles. The van der Waals surface area contributed by atoms with Crippen molar-refractivity contribution in [2.45, 2.75) is 64.6 Å². The molecule has 2 aliphatic carbocycles. The van der Waals surface area contributed by atoms with Crippen LogP contribution in [0.4, 0.5) is 10.9 Å². The van der Waals surface area contributed by atoms with Crippen LogP contribution in [0.1, 0.15) is 44.0 Å². The Morgan fingerprint density at radius 2 is 1.92 bits per heavy atom. The molecular weight excluding hydrogens is 474 g/mol. The van der Waals surface area contributed by atoms with E-state index in [2.05, 4.69) is 37.9 Å². The molecule has 0 bridgehead atoms. The van der Waals surface area contributed by atoms with Gasteiger partial charge in [0.1, 0.15) is 11.2 Å². The van der Waals surface area contributed by atoms with E-state index in [1.807, 2.05) is 31.9 Å². The summed E-state index contributed by atoms with van der Waals surface area (Å²) in [6.45, 7) is 4.84. The second-order valence-corrected chi connectivity index (χ2v) is 11.1. The molecule has 2 fully saturated rings. The minimum Gasteiger partial charge on any atom is -0.336 e.